The lowest BCUT2D eigenvalue weighted by atomic mass is 9.73. The standard InChI is InChI=1S/C26H40F3NO3S/c1-5-18-30(34(32,33)26(27,28)29)19-10-9-13-23(25(2,3)4)24(31)22-16-14-21(15-17-22)20-11-7-6-8-12-20/h14-17,20,23H,5-13,18-19H2,1-4H3. The van der Waals surface area contributed by atoms with Gasteiger partial charge in [0.15, 0.2) is 5.78 Å². The van der Waals surface area contributed by atoms with Crippen LogP contribution in [0.4, 0.5) is 13.2 Å². The van der Waals surface area contributed by atoms with Crippen LogP contribution < -0.4 is 0 Å². The molecular weight excluding hydrogens is 463 g/mol. The van der Waals surface area contributed by atoms with Gasteiger partial charge in [-0.1, -0.05) is 77.6 Å². The summed E-state index contributed by atoms with van der Waals surface area (Å²) in [6.07, 6.45) is 7.72. The van der Waals surface area contributed by atoms with Crippen molar-refractivity contribution in [3.05, 3.63) is 35.4 Å². The smallest absolute Gasteiger partial charge is 0.294 e. The van der Waals surface area contributed by atoms with Crippen molar-refractivity contribution in [2.24, 2.45) is 11.3 Å². The van der Waals surface area contributed by atoms with Gasteiger partial charge in [0.1, 0.15) is 0 Å². The molecule has 1 unspecified atom stereocenters. The van der Waals surface area contributed by atoms with Gasteiger partial charge in [-0.25, -0.2) is 8.42 Å². The van der Waals surface area contributed by atoms with Crippen molar-refractivity contribution in [3.63, 3.8) is 0 Å². The summed E-state index contributed by atoms with van der Waals surface area (Å²) in [5.74, 6) is 0.304. The average molecular weight is 504 g/mol. The molecule has 0 radical (unpaired) electrons. The van der Waals surface area contributed by atoms with Gasteiger partial charge in [-0.2, -0.15) is 17.5 Å². The molecule has 0 aromatic heterocycles. The number of sulfonamides is 1. The number of alkyl halides is 3. The summed E-state index contributed by atoms with van der Waals surface area (Å²) in [6.45, 7) is 7.25. The summed E-state index contributed by atoms with van der Waals surface area (Å²) < 4.78 is 63.0. The van der Waals surface area contributed by atoms with E-state index < -0.39 is 15.5 Å². The molecule has 1 saturated carbocycles. The molecule has 1 aliphatic carbocycles. The predicted molar refractivity (Wildman–Crippen MR) is 130 cm³/mol. The van der Waals surface area contributed by atoms with Gasteiger partial charge in [-0.3, -0.25) is 4.79 Å². The number of hydrogen-bond donors (Lipinski definition) is 0. The fraction of sp³-hybridized carbons (Fsp3) is 0.731. The molecule has 1 aromatic rings. The molecule has 8 heteroatoms. The van der Waals surface area contributed by atoms with E-state index in [4.69, 9.17) is 0 Å². The maximum Gasteiger partial charge on any atom is 0.511 e. The maximum atomic E-state index is 13.3. The van der Waals surface area contributed by atoms with E-state index in [0.717, 1.165) is 0 Å². The second-order valence-corrected chi connectivity index (χ2v) is 12.5. The van der Waals surface area contributed by atoms with Gasteiger partial charge in [0.2, 0.25) is 0 Å². The van der Waals surface area contributed by atoms with Crippen molar-refractivity contribution < 1.29 is 26.4 Å². The van der Waals surface area contributed by atoms with Crippen molar-refractivity contribution in [2.75, 3.05) is 13.1 Å². The number of ketones is 1. The second kappa shape index (κ2) is 12.0. The third-order valence-corrected chi connectivity index (χ3v) is 8.52. The van der Waals surface area contributed by atoms with Crippen LogP contribution in [0, 0.1) is 11.3 Å². The Morgan fingerprint density at radius 2 is 1.59 bits per heavy atom. The topological polar surface area (TPSA) is 54.5 Å². The van der Waals surface area contributed by atoms with Gasteiger partial charge in [0, 0.05) is 24.6 Å². The van der Waals surface area contributed by atoms with Gasteiger partial charge in [0.05, 0.1) is 0 Å². The Labute approximate surface area is 203 Å². The number of benzene rings is 1. The quantitative estimate of drug-likeness (QED) is 0.235. The number of carbonyl (C=O) groups is 1. The molecule has 1 aliphatic rings. The maximum absolute atomic E-state index is 13.3. The minimum absolute atomic E-state index is 0.0380. The first-order valence-corrected chi connectivity index (χ1v) is 13.9. The number of Topliss-reactive ketones (excluding diaryl/α,β-unsaturated/α-hetero) is 1. The summed E-state index contributed by atoms with van der Waals surface area (Å²) in [5, 5.41) is 0. The van der Waals surface area contributed by atoms with E-state index >= 15 is 0 Å². The van der Waals surface area contributed by atoms with Gasteiger partial charge in [-0.05, 0) is 49.0 Å². The van der Waals surface area contributed by atoms with E-state index in [1.54, 1.807) is 6.92 Å². The van der Waals surface area contributed by atoms with Crippen LogP contribution in [-0.4, -0.2) is 37.1 Å². The fourth-order valence-corrected chi connectivity index (χ4v) is 5.98. The number of nitrogens with zero attached hydrogens (tertiary/aromatic N) is 1. The third kappa shape index (κ3) is 7.54. The largest absolute Gasteiger partial charge is 0.511 e. The first-order valence-electron chi connectivity index (χ1n) is 12.5. The van der Waals surface area contributed by atoms with Gasteiger partial charge in [-0.15, -0.1) is 0 Å². The summed E-state index contributed by atoms with van der Waals surface area (Å²) >= 11 is 0. The minimum atomic E-state index is -5.34. The zero-order valence-electron chi connectivity index (χ0n) is 21.0. The number of carbonyl (C=O) groups excluding carboxylic acids is 1. The first kappa shape index (κ1) is 28.8. The molecule has 0 amide bonds. The van der Waals surface area contributed by atoms with Crippen LogP contribution >= 0.6 is 0 Å². The highest BCUT2D eigenvalue weighted by molar-refractivity contribution is 7.90. The van der Waals surface area contributed by atoms with Gasteiger partial charge in [0.25, 0.3) is 0 Å². The zero-order valence-corrected chi connectivity index (χ0v) is 21.8. The Morgan fingerprint density at radius 3 is 2.09 bits per heavy atom. The van der Waals surface area contributed by atoms with Crippen LogP contribution in [0.25, 0.3) is 0 Å². The molecule has 0 heterocycles. The van der Waals surface area contributed by atoms with E-state index in [1.807, 2.05) is 32.9 Å². The Hall–Kier alpha value is -1.41. The monoisotopic (exact) mass is 503 g/mol. The van der Waals surface area contributed by atoms with Crippen LogP contribution in [0.2, 0.25) is 0 Å². The van der Waals surface area contributed by atoms with Gasteiger partial charge < -0.3 is 0 Å². The highest BCUT2D eigenvalue weighted by Gasteiger charge is 2.49. The zero-order chi connectivity index (χ0) is 25.6. The lowest BCUT2D eigenvalue weighted by molar-refractivity contribution is -0.0489. The Morgan fingerprint density at radius 1 is 1.00 bits per heavy atom. The predicted octanol–water partition coefficient (Wildman–Crippen LogP) is 7.31. The Balaban J connectivity index is 2.02. The summed E-state index contributed by atoms with van der Waals surface area (Å²) in [7, 11) is -5.34. The first-order chi connectivity index (χ1) is 15.8. The van der Waals surface area contributed by atoms with Crippen LogP contribution in [0.15, 0.2) is 24.3 Å². The summed E-state index contributed by atoms with van der Waals surface area (Å²) in [6, 6.07) is 7.94. The molecule has 0 N–H and O–H groups in total. The van der Waals surface area contributed by atoms with Gasteiger partial charge >= 0.3 is 15.5 Å². The number of hydrogen-bond acceptors (Lipinski definition) is 3. The summed E-state index contributed by atoms with van der Waals surface area (Å²) in [5.41, 5.74) is -3.67. The molecule has 1 aromatic carbocycles. The molecular formula is C26H40F3NO3S. The fourth-order valence-electron chi connectivity index (χ4n) is 4.90. The molecule has 1 atom stereocenters. The SMILES string of the molecule is CCCN(CCCCC(C(=O)c1ccc(C2CCCCC2)cc1)C(C)(C)C)S(=O)(=O)C(F)(F)F. The number of halogens is 3. The van der Waals surface area contributed by atoms with E-state index in [2.05, 4.69) is 12.1 Å². The number of rotatable bonds is 11. The van der Waals surface area contributed by atoms with E-state index in [1.165, 1.54) is 37.7 Å². The molecule has 0 saturated heterocycles. The third-order valence-electron chi connectivity index (χ3n) is 6.89. The summed E-state index contributed by atoms with van der Waals surface area (Å²) in [4.78, 5) is 13.3. The lowest BCUT2D eigenvalue weighted by Crippen LogP contribution is -2.41. The van der Waals surface area contributed by atoms with E-state index in [9.17, 15) is 26.4 Å². The molecule has 194 valence electrons. The Kier molecular flexibility index (Phi) is 10.2. The number of unbranched alkanes of at least 4 members (excludes halogenated alkanes) is 1. The van der Waals surface area contributed by atoms with E-state index in [-0.39, 0.29) is 36.6 Å². The highest BCUT2D eigenvalue weighted by atomic mass is 32.2. The van der Waals surface area contributed by atoms with Crippen molar-refractivity contribution in [1.29, 1.82) is 0 Å². The van der Waals surface area contributed by atoms with Crippen molar-refractivity contribution in [2.45, 2.75) is 96.9 Å². The normalized spacial score (nSPS) is 17.2. The molecule has 2 rings (SSSR count). The molecule has 4 nitrogen and oxygen atoms in total. The Bertz CT molecular complexity index is 883. The van der Waals surface area contributed by atoms with Crippen LogP contribution in [0.5, 0.6) is 0 Å². The minimum Gasteiger partial charge on any atom is -0.294 e. The highest BCUT2D eigenvalue weighted by Crippen LogP contribution is 2.36. The second-order valence-electron chi connectivity index (χ2n) is 10.6. The van der Waals surface area contributed by atoms with Crippen LogP contribution in [0.1, 0.15) is 107 Å². The molecule has 1 fully saturated rings. The lowest BCUT2D eigenvalue weighted by Gasteiger charge is -2.30. The van der Waals surface area contributed by atoms with Crippen molar-refractivity contribution in [3.8, 4) is 0 Å². The molecule has 34 heavy (non-hydrogen) atoms. The van der Waals surface area contributed by atoms with E-state index in [0.29, 0.717) is 35.0 Å². The van der Waals surface area contributed by atoms with Crippen molar-refractivity contribution in [1.82, 2.24) is 4.31 Å². The van der Waals surface area contributed by atoms with Crippen LogP contribution in [-0.2, 0) is 10.0 Å². The van der Waals surface area contributed by atoms with Crippen molar-refractivity contribution >= 4 is 15.8 Å². The molecule has 0 spiro atoms. The van der Waals surface area contributed by atoms with Crippen LogP contribution in [0.3, 0.4) is 0 Å². The molecule has 0 aliphatic heterocycles. The molecule has 0 bridgehead atoms. The average Bonchev–Trinajstić information content (AvgIpc) is 2.77.